The van der Waals surface area contributed by atoms with E-state index in [2.05, 4.69) is 12.1 Å². The first kappa shape index (κ1) is 14.2. The molecule has 2 aromatic carbocycles. The lowest BCUT2D eigenvalue weighted by Crippen LogP contribution is -2.02. The number of halogens is 1. The zero-order chi connectivity index (χ0) is 14.8. The fourth-order valence-electron chi connectivity index (χ4n) is 2.70. The molecule has 0 unspecified atom stereocenters. The quantitative estimate of drug-likeness (QED) is 0.727. The summed E-state index contributed by atoms with van der Waals surface area (Å²) in [7, 11) is 0. The minimum absolute atomic E-state index is 0.00256. The summed E-state index contributed by atoms with van der Waals surface area (Å²) < 4.78 is 5.87. The van der Waals surface area contributed by atoms with E-state index in [0.717, 1.165) is 18.6 Å². The summed E-state index contributed by atoms with van der Waals surface area (Å²) in [5.41, 5.74) is 3.39. The summed E-state index contributed by atoms with van der Waals surface area (Å²) in [6, 6.07) is 11.4. The fraction of sp³-hybridized carbons (Fsp3) is 0.278. The molecule has 108 valence electrons. The van der Waals surface area contributed by atoms with Crippen molar-refractivity contribution in [3.63, 3.8) is 0 Å². The molecule has 1 aliphatic rings. The van der Waals surface area contributed by atoms with E-state index in [4.69, 9.17) is 16.3 Å². The number of hydrogen-bond donors (Lipinski definition) is 0. The molecule has 3 heteroatoms. The van der Waals surface area contributed by atoms with Crippen LogP contribution in [0.2, 0.25) is 5.02 Å². The lowest BCUT2D eigenvalue weighted by molar-refractivity contribution is 0.101. The average molecular weight is 301 g/mol. The van der Waals surface area contributed by atoms with Crippen molar-refractivity contribution in [3.05, 3.63) is 58.1 Å². The van der Waals surface area contributed by atoms with E-state index in [-0.39, 0.29) is 5.78 Å². The van der Waals surface area contributed by atoms with E-state index in [1.807, 2.05) is 6.07 Å². The van der Waals surface area contributed by atoms with Crippen LogP contribution in [-0.2, 0) is 12.8 Å². The average Bonchev–Trinajstić information content (AvgIpc) is 2.49. The van der Waals surface area contributed by atoms with E-state index in [1.165, 1.54) is 30.9 Å². The van der Waals surface area contributed by atoms with Crippen molar-refractivity contribution in [2.24, 2.45) is 0 Å². The van der Waals surface area contributed by atoms with Crippen LogP contribution in [0.4, 0.5) is 0 Å². The Morgan fingerprint density at radius 1 is 1.05 bits per heavy atom. The summed E-state index contributed by atoms with van der Waals surface area (Å²) in [6.07, 6.45) is 4.78. The van der Waals surface area contributed by atoms with Gasteiger partial charge in [0, 0.05) is 5.56 Å². The molecular weight excluding hydrogens is 284 g/mol. The number of hydrogen-bond acceptors (Lipinski definition) is 2. The van der Waals surface area contributed by atoms with E-state index in [1.54, 1.807) is 18.2 Å². The van der Waals surface area contributed by atoms with Crippen LogP contribution in [0.5, 0.6) is 11.5 Å². The summed E-state index contributed by atoms with van der Waals surface area (Å²) in [5, 5.41) is 0.459. The third-order valence-corrected chi connectivity index (χ3v) is 4.18. The standard InChI is InChI=1S/C18H17ClO2/c1-12(20)14-7-9-18(17(19)11-14)21-16-8-6-13-4-2-3-5-15(13)10-16/h6-11H,2-5H2,1H3. The number of aryl methyl sites for hydroxylation is 2. The van der Waals surface area contributed by atoms with Crippen molar-refractivity contribution in [2.75, 3.05) is 0 Å². The number of rotatable bonds is 3. The Morgan fingerprint density at radius 2 is 1.81 bits per heavy atom. The van der Waals surface area contributed by atoms with Gasteiger partial charge in [0.25, 0.3) is 0 Å². The van der Waals surface area contributed by atoms with Crippen LogP contribution in [0.15, 0.2) is 36.4 Å². The van der Waals surface area contributed by atoms with E-state index >= 15 is 0 Å². The number of fused-ring (bicyclic) bond motifs is 1. The van der Waals surface area contributed by atoms with Crippen molar-refractivity contribution in [1.82, 2.24) is 0 Å². The second-order valence-corrected chi connectivity index (χ2v) is 5.85. The molecule has 21 heavy (non-hydrogen) atoms. The monoisotopic (exact) mass is 300 g/mol. The second-order valence-electron chi connectivity index (χ2n) is 5.44. The van der Waals surface area contributed by atoms with E-state index in [0.29, 0.717) is 16.3 Å². The maximum absolute atomic E-state index is 11.3. The molecule has 2 aromatic rings. The Bertz CT molecular complexity index is 692. The highest BCUT2D eigenvalue weighted by molar-refractivity contribution is 6.32. The Balaban J connectivity index is 1.85. The highest BCUT2D eigenvalue weighted by Crippen LogP contribution is 2.32. The molecule has 0 amide bonds. The third-order valence-electron chi connectivity index (χ3n) is 3.89. The van der Waals surface area contributed by atoms with Crippen LogP contribution in [-0.4, -0.2) is 5.78 Å². The van der Waals surface area contributed by atoms with Crippen LogP contribution in [0, 0.1) is 0 Å². The molecule has 0 N–H and O–H groups in total. The van der Waals surface area contributed by atoms with Crippen LogP contribution in [0.3, 0.4) is 0 Å². The summed E-state index contributed by atoms with van der Waals surface area (Å²) in [6.45, 7) is 1.52. The fourth-order valence-corrected chi connectivity index (χ4v) is 2.92. The molecular formula is C18H17ClO2. The second kappa shape index (κ2) is 5.90. The number of ketones is 1. The molecule has 0 radical (unpaired) electrons. The first-order valence-corrected chi connectivity index (χ1v) is 7.61. The van der Waals surface area contributed by atoms with Crippen molar-refractivity contribution in [1.29, 1.82) is 0 Å². The Labute approximate surface area is 129 Å². The normalized spacial score (nSPS) is 13.6. The van der Waals surface area contributed by atoms with Gasteiger partial charge in [-0.2, -0.15) is 0 Å². The number of ether oxygens (including phenoxy) is 1. The molecule has 0 aliphatic heterocycles. The first-order chi connectivity index (χ1) is 10.1. The third kappa shape index (κ3) is 3.11. The van der Waals surface area contributed by atoms with Gasteiger partial charge in [0.1, 0.15) is 11.5 Å². The zero-order valence-corrected chi connectivity index (χ0v) is 12.7. The Kier molecular flexibility index (Phi) is 3.98. The predicted octanol–water partition coefficient (Wildman–Crippen LogP) is 5.21. The summed E-state index contributed by atoms with van der Waals surface area (Å²) in [4.78, 5) is 11.3. The van der Waals surface area contributed by atoms with Crippen molar-refractivity contribution in [3.8, 4) is 11.5 Å². The number of carbonyl (C=O) groups is 1. The predicted molar refractivity (Wildman–Crippen MR) is 84.6 cm³/mol. The molecule has 1 aliphatic carbocycles. The summed E-state index contributed by atoms with van der Waals surface area (Å²) in [5.74, 6) is 1.38. The Morgan fingerprint density at radius 3 is 2.52 bits per heavy atom. The molecule has 3 rings (SSSR count). The Hall–Kier alpha value is -1.80. The molecule has 0 saturated heterocycles. The van der Waals surface area contributed by atoms with E-state index < -0.39 is 0 Å². The van der Waals surface area contributed by atoms with Crippen molar-refractivity contribution >= 4 is 17.4 Å². The zero-order valence-electron chi connectivity index (χ0n) is 12.0. The molecule has 0 fully saturated rings. The van der Waals surface area contributed by atoms with Crippen molar-refractivity contribution in [2.45, 2.75) is 32.6 Å². The highest BCUT2D eigenvalue weighted by atomic mass is 35.5. The minimum atomic E-state index is -0.00256. The molecule has 0 heterocycles. The molecule has 0 atom stereocenters. The van der Waals surface area contributed by atoms with Gasteiger partial charge in [0.15, 0.2) is 5.78 Å². The van der Waals surface area contributed by atoms with Gasteiger partial charge in [-0.3, -0.25) is 4.79 Å². The van der Waals surface area contributed by atoms with Gasteiger partial charge in [-0.05, 0) is 74.1 Å². The van der Waals surface area contributed by atoms with Crippen LogP contribution in [0.25, 0.3) is 0 Å². The van der Waals surface area contributed by atoms with Gasteiger partial charge in [-0.25, -0.2) is 0 Å². The smallest absolute Gasteiger partial charge is 0.159 e. The lowest BCUT2D eigenvalue weighted by Gasteiger charge is -2.17. The van der Waals surface area contributed by atoms with Gasteiger partial charge >= 0.3 is 0 Å². The highest BCUT2D eigenvalue weighted by Gasteiger charge is 2.11. The molecule has 2 nitrogen and oxygen atoms in total. The molecule has 0 bridgehead atoms. The van der Waals surface area contributed by atoms with Gasteiger partial charge < -0.3 is 4.74 Å². The molecule has 0 spiro atoms. The van der Waals surface area contributed by atoms with Gasteiger partial charge in [0.05, 0.1) is 5.02 Å². The SMILES string of the molecule is CC(=O)c1ccc(Oc2ccc3c(c2)CCCC3)c(Cl)c1. The maximum atomic E-state index is 11.3. The molecule has 0 saturated carbocycles. The number of Topliss-reactive ketones (excluding diaryl/α,β-unsaturated/α-hetero) is 1. The van der Waals surface area contributed by atoms with E-state index in [9.17, 15) is 4.79 Å². The van der Waals surface area contributed by atoms with Crippen LogP contribution in [0.1, 0.15) is 41.3 Å². The first-order valence-electron chi connectivity index (χ1n) is 7.23. The maximum Gasteiger partial charge on any atom is 0.159 e. The lowest BCUT2D eigenvalue weighted by atomic mass is 9.92. The number of carbonyl (C=O) groups excluding carboxylic acids is 1. The van der Waals surface area contributed by atoms with Crippen molar-refractivity contribution < 1.29 is 9.53 Å². The van der Waals surface area contributed by atoms with Gasteiger partial charge in [0.2, 0.25) is 0 Å². The topological polar surface area (TPSA) is 26.3 Å². The number of benzene rings is 2. The largest absolute Gasteiger partial charge is 0.456 e. The van der Waals surface area contributed by atoms with Gasteiger partial charge in [-0.15, -0.1) is 0 Å². The summed E-state index contributed by atoms with van der Waals surface area (Å²) >= 11 is 6.19. The van der Waals surface area contributed by atoms with Gasteiger partial charge in [-0.1, -0.05) is 17.7 Å². The minimum Gasteiger partial charge on any atom is -0.456 e. The van der Waals surface area contributed by atoms with Crippen LogP contribution < -0.4 is 4.74 Å². The van der Waals surface area contributed by atoms with Crippen LogP contribution >= 0.6 is 11.6 Å². The molecule has 0 aromatic heterocycles.